The molecular weight excluding hydrogens is 649 g/mol. The molecule has 6 aromatic carbocycles. The van der Waals surface area contributed by atoms with E-state index in [-0.39, 0.29) is 5.78 Å². The number of fused-ring (bicyclic) bond motifs is 6. The second kappa shape index (κ2) is 10.9. The first-order chi connectivity index (χ1) is 23.9. The van der Waals surface area contributed by atoms with E-state index in [2.05, 4.69) is 0 Å². The Morgan fingerprint density at radius 2 is 0.898 bits per heavy atom. The number of anilines is 1. The SMILES string of the molecule is O=C1C2C(C(=O)N1c1cccc3ccccc13)C1(c3ccc(Cl)cc3)C(=O)C2(c2ccc(Cl)cc2)C(c2ccccc2)=C1c1ccccc1. The maximum Gasteiger partial charge on any atom is 0.239 e. The van der Waals surface area contributed by atoms with Crippen LogP contribution in [0.5, 0.6) is 0 Å². The maximum atomic E-state index is 16.1. The average molecular weight is 677 g/mol. The molecule has 0 radical (unpaired) electrons. The number of hydrogen-bond donors (Lipinski definition) is 0. The summed E-state index contributed by atoms with van der Waals surface area (Å²) in [6.07, 6.45) is 0. The molecule has 3 aliphatic rings. The third kappa shape index (κ3) is 3.84. The molecular formula is C43H27Cl2NO3. The van der Waals surface area contributed by atoms with Gasteiger partial charge in [0.25, 0.3) is 0 Å². The van der Waals surface area contributed by atoms with Gasteiger partial charge in [-0.15, -0.1) is 0 Å². The highest BCUT2D eigenvalue weighted by Crippen LogP contribution is 2.74. The Morgan fingerprint density at radius 3 is 1.39 bits per heavy atom. The number of benzene rings is 6. The Bertz CT molecular complexity index is 2240. The van der Waals surface area contributed by atoms with E-state index in [1.165, 1.54) is 4.90 Å². The van der Waals surface area contributed by atoms with Crippen LogP contribution < -0.4 is 4.90 Å². The molecule has 49 heavy (non-hydrogen) atoms. The molecule has 236 valence electrons. The Hall–Kier alpha value is -5.29. The number of halogens is 2. The van der Waals surface area contributed by atoms with Gasteiger partial charge in [-0.1, -0.05) is 145 Å². The molecule has 2 fully saturated rings. The predicted octanol–water partition coefficient (Wildman–Crippen LogP) is 9.34. The van der Waals surface area contributed by atoms with Crippen LogP contribution in [0.2, 0.25) is 10.0 Å². The largest absolute Gasteiger partial charge is 0.297 e. The molecule has 6 aromatic rings. The van der Waals surface area contributed by atoms with Crippen molar-refractivity contribution in [2.24, 2.45) is 11.8 Å². The summed E-state index contributed by atoms with van der Waals surface area (Å²) < 4.78 is 0. The zero-order valence-corrected chi connectivity index (χ0v) is 27.5. The van der Waals surface area contributed by atoms with E-state index < -0.39 is 34.5 Å². The number of amides is 2. The van der Waals surface area contributed by atoms with E-state index in [0.29, 0.717) is 26.9 Å². The fourth-order valence-corrected chi connectivity index (χ4v) is 9.25. The third-order valence-electron chi connectivity index (χ3n) is 10.7. The lowest BCUT2D eigenvalue weighted by atomic mass is 9.59. The summed E-state index contributed by atoms with van der Waals surface area (Å²) >= 11 is 12.9. The molecule has 1 aliphatic heterocycles. The molecule has 0 aromatic heterocycles. The molecule has 4 atom stereocenters. The lowest BCUT2D eigenvalue weighted by Gasteiger charge is -2.39. The van der Waals surface area contributed by atoms with Gasteiger partial charge in [0.15, 0.2) is 5.78 Å². The number of rotatable bonds is 5. The minimum Gasteiger partial charge on any atom is -0.297 e. The number of hydrogen-bond acceptors (Lipinski definition) is 3. The fourth-order valence-electron chi connectivity index (χ4n) is 9.00. The molecule has 0 N–H and O–H groups in total. The Morgan fingerprint density at radius 1 is 0.469 bits per heavy atom. The first-order valence-corrected chi connectivity index (χ1v) is 16.9. The molecule has 6 heteroatoms. The second-order valence-corrected chi connectivity index (χ2v) is 13.8. The van der Waals surface area contributed by atoms with Crippen molar-refractivity contribution >= 4 is 68.4 Å². The molecule has 2 amide bonds. The van der Waals surface area contributed by atoms with Gasteiger partial charge in [0.2, 0.25) is 11.8 Å². The van der Waals surface area contributed by atoms with Crippen molar-refractivity contribution in [2.75, 3.05) is 4.90 Å². The van der Waals surface area contributed by atoms with Crippen LogP contribution >= 0.6 is 23.2 Å². The van der Waals surface area contributed by atoms with Gasteiger partial charge in [-0.25, -0.2) is 4.90 Å². The Labute approximate surface area is 293 Å². The Balaban J connectivity index is 1.45. The van der Waals surface area contributed by atoms with Crippen molar-refractivity contribution < 1.29 is 14.4 Å². The van der Waals surface area contributed by atoms with Gasteiger partial charge in [0.1, 0.15) is 0 Å². The van der Waals surface area contributed by atoms with Crippen LogP contribution in [-0.2, 0) is 25.2 Å². The van der Waals surface area contributed by atoms with Gasteiger partial charge in [0, 0.05) is 15.4 Å². The fraction of sp³-hybridized carbons (Fsp3) is 0.0930. The predicted molar refractivity (Wildman–Crippen MR) is 194 cm³/mol. The van der Waals surface area contributed by atoms with Crippen LogP contribution in [0, 0.1) is 11.8 Å². The molecule has 1 heterocycles. The first kappa shape index (κ1) is 29.8. The number of allylic oxidation sites excluding steroid dienone is 2. The standard InChI is InChI=1S/C43H27Cl2NO3/c44-31-22-18-29(19-23-31)42-35(27-11-3-1-4-12-27)36(28-13-5-2-6-14-28)43(41(42)49,30-20-24-32(45)25-21-30)38-37(42)39(47)46(40(38)48)34-17-9-15-26-10-7-8-16-33(26)34/h1-25,37-38H. The molecule has 1 saturated heterocycles. The van der Waals surface area contributed by atoms with E-state index in [0.717, 1.165) is 33.0 Å². The smallest absolute Gasteiger partial charge is 0.239 e. The monoisotopic (exact) mass is 675 g/mol. The molecule has 2 aliphatic carbocycles. The van der Waals surface area contributed by atoms with Gasteiger partial charge >= 0.3 is 0 Å². The second-order valence-electron chi connectivity index (χ2n) is 12.9. The first-order valence-electron chi connectivity index (χ1n) is 16.2. The molecule has 0 spiro atoms. The number of imide groups is 1. The third-order valence-corrected chi connectivity index (χ3v) is 11.2. The van der Waals surface area contributed by atoms with E-state index in [1.54, 1.807) is 24.3 Å². The van der Waals surface area contributed by atoms with Gasteiger partial charge in [-0.3, -0.25) is 14.4 Å². The normalized spacial score (nSPS) is 24.3. The topological polar surface area (TPSA) is 54.5 Å². The van der Waals surface area contributed by atoms with Crippen LogP contribution in [0.15, 0.2) is 152 Å². The molecule has 4 nitrogen and oxygen atoms in total. The van der Waals surface area contributed by atoms with E-state index in [4.69, 9.17) is 23.2 Å². The number of carbonyl (C=O) groups excluding carboxylic acids is 3. The van der Waals surface area contributed by atoms with Gasteiger partial charge < -0.3 is 0 Å². The highest BCUT2D eigenvalue weighted by atomic mass is 35.5. The van der Waals surface area contributed by atoms with Crippen LogP contribution in [0.4, 0.5) is 5.69 Å². The summed E-state index contributed by atoms with van der Waals surface area (Å²) in [4.78, 5) is 48.1. The van der Waals surface area contributed by atoms with Crippen molar-refractivity contribution in [1.29, 1.82) is 0 Å². The zero-order valence-electron chi connectivity index (χ0n) is 26.0. The summed E-state index contributed by atoms with van der Waals surface area (Å²) in [5.41, 5.74) is 1.78. The van der Waals surface area contributed by atoms with Crippen molar-refractivity contribution in [2.45, 2.75) is 10.8 Å². The summed E-state index contributed by atoms with van der Waals surface area (Å²) in [6.45, 7) is 0. The summed E-state index contributed by atoms with van der Waals surface area (Å²) in [7, 11) is 0. The lowest BCUT2D eigenvalue weighted by molar-refractivity contribution is -0.130. The number of Topliss-reactive ketones (excluding diaryl/α,β-unsaturated/α-hetero) is 1. The quantitative estimate of drug-likeness (QED) is 0.171. The van der Waals surface area contributed by atoms with Crippen LogP contribution in [0.3, 0.4) is 0 Å². The minimum atomic E-state index is -1.52. The van der Waals surface area contributed by atoms with E-state index in [9.17, 15) is 0 Å². The zero-order chi connectivity index (χ0) is 33.5. The van der Waals surface area contributed by atoms with Crippen molar-refractivity contribution in [3.05, 3.63) is 184 Å². The van der Waals surface area contributed by atoms with Crippen LogP contribution in [0.1, 0.15) is 22.3 Å². The summed E-state index contributed by atoms with van der Waals surface area (Å²) in [5, 5.41) is 2.70. The van der Waals surface area contributed by atoms with Crippen LogP contribution in [-0.4, -0.2) is 17.6 Å². The van der Waals surface area contributed by atoms with E-state index in [1.807, 2.05) is 127 Å². The highest BCUT2D eigenvalue weighted by molar-refractivity contribution is 6.40. The van der Waals surface area contributed by atoms with E-state index >= 15 is 14.4 Å². The summed E-state index contributed by atoms with van der Waals surface area (Å²) in [5.74, 6) is -3.06. The van der Waals surface area contributed by atoms with Crippen molar-refractivity contribution in [3.8, 4) is 0 Å². The minimum absolute atomic E-state index is 0.198. The maximum absolute atomic E-state index is 16.1. The van der Waals surface area contributed by atoms with Gasteiger partial charge in [-0.05, 0) is 69.1 Å². The number of ketones is 1. The highest BCUT2D eigenvalue weighted by Gasteiger charge is 2.82. The summed E-state index contributed by atoms with van der Waals surface area (Å²) in [6, 6.07) is 47.3. The molecule has 1 saturated carbocycles. The number of nitrogens with zero attached hydrogens (tertiary/aromatic N) is 1. The van der Waals surface area contributed by atoms with Crippen molar-refractivity contribution in [1.82, 2.24) is 0 Å². The molecule has 4 unspecified atom stereocenters. The Kier molecular flexibility index (Phi) is 6.61. The lowest BCUT2D eigenvalue weighted by Crippen LogP contribution is -2.45. The number of carbonyl (C=O) groups is 3. The van der Waals surface area contributed by atoms with Gasteiger partial charge in [-0.2, -0.15) is 0 Å². The average Bonchev–Trinajstić information content (AvgIpc) is 3.64. The van der Waals surface area contributed by atoms with Crippen molar-refractivity contribution in [3.63, 3.8) is 0 Å². The van der Waals surface area contributed by atoms with Gasteiger partial charge in [0.05, 0.1) is 28.4 Å². The molecule has 2 bridgehead atoms. The van der Waals surface area contributed by atoms with Crippen LogP contribution in [0.25, 0.3) is 21.9 Å². The molecule has 9 rings (SSSR count).